The van der Waals surface area contributed by atoms with E-state index < -0.39 is 10.0 Å². The maximum atomic E-state index is 12.4. The third-order valence-electron chi connectivity index (χ3n) is 3.34. The van der Waals surface area contributed by atoms with Gasteiger partial charge < -0.3 is 14.4 Å². The molecule has 9 heteroatoms. The molecule has 0 unspecified atom stereocenters. The lowest BCUT2D eigenvalue weighted by Crippen LogP contribution is -2.51. The molecule has 1 aliphatic heterocycles. The van der Waals surface area contributed by atoms with Crippen LogP contribution >= 0.6 is 11.3 Å². The summed E-state index contributed by atoms with van der Waals surface area (Å²) in [6, 6.07) is 3.32. The van der Waals surface area contributed by atoms with E-state index in [0.29, 0.717) is 43.6 Å². The zero-order chi connectivity index (χ0) is 16.0. The van der Waals surface area contributed by atoms with Crippen LogP contribution in [0.1, 0.15) is 0 Å². The van der Waals surface area contributed by atoms with Crippen molar-refractivity contribution in [2.75, 3.05) is 53.1 Å². The summed E-state index contributed by atoms with van der Waals surface area (Å²) in [6.07, 6.45) is 0. The highest BCUT2D eigenvalue weighted by Gasteiger charge is 2.30. The molecule has 0 saturated carbocycles. The second-order valence-corrected chi connectivity index (χ2v) is 7.87. The van der Waals surface area contributed by atoms with Crippen LogP contribution < -0.4 is 0 Å². The van der Waals surface area contributed by atoms with Crippen LogP contribution in [0.5, 0.6) is 0 Å². The minimum atomic E-state index is -3.43. The highest BCUT2D eigenvalue weighted by molar-refractivity contribution is 7.91. The SMILES string of the molecule is COCCOCC(=O)N1CCN(S(=O)(=O)c2cccs2)CC1. The number of thiophene rings is 1. The number of carbonyl (C=O) groups is 1. The molecule has 124 valence electrons. The van der Waals surface area contributed by atoms with Gasteiger partial charge in [-0.2, -0.15) is 4.31 Å². The van der Waals surface area contributed by atoms with Crippen molar-refractivity contribution in [3.8, 4) is 0 Å². The van der Waals surface area contributed by atoms with Crippen LogP contribution in [-0.2, 0) is 24.3 Å². The summed E-state index contributed by atoms with van der Waals surface area (Å²) >= 11 is 1.20. The number of ether oxygens (including phenoxy) is 2. The number of rotatable bonds is 7. The maximum absolute atomic E-state index is 12.4. The normalized spacial score (nSPS) is 16.9. The lowest BCUT2D eigenvalue weighted by molar-refractivity contribution is -0.137. The molecule has 0 bridgehead atoms. The summed E-state index contributed by atoms with van der Waals surface area (Å²) in [5.74, 6) is -0.121. The molecule has 1 saturated heterocycles. The van der Waals surface area contributed by atoms with E-state index in [9.17, 15) is 13.2 Å². The summed E-state index contributed by atoms with van der Waals surface area (Å²) in [5, 5.41) is 1.74. The van der Waals surface area contributed by atoms with Crippen molar-refractivity contribution in [3.63, 3.8) is 0 Å². The summed E-state index contributed by atoms with van der Waals surface area (Å²) in [7, 11) is -1.86. The highest BCUT2D eigenvalue weighted by Crippen LogP contribution is 2.21. The lowest BCUT2D eigenvalue weighted by atomic mass is 10.3. The zero-order valence-corrected chi connectivity index (χ0v) is 14.1. The molecule has 1 aliphatic rings. The van der Waals surface area contributed by atoms with E-state index >= 15 is 0 Å². The molecule has 1 aromatic heterocycles. The number of sulfonamides is 1. The van der Waals surface area contributed by atoms with E-state index in [4.69, 9.17) is 9.47 Å². The minimum Gasteiger partial charge on any atom is -0.382 e. The van der Waals surface area contributed by atoms with E-state index in [-0.39, 0.29) is 12.5 Å². The summed E-state index contributed by atoms with van der Waals surface area (Å²) in [6.45, 7) is 2.21. The van der Waals surface area contributed by atoms with Crippen molar-refractivity contribution in [1.29, 1.82) is 0 Å². The topological polar surface area (TPSA) is 76.2 Å². The van der Waals surface area contributed by atoms with Gasteiger partial charge in [0.1, 0.15) is 10.8 Å². The number of hydrogen-bond acceptors (Lipinski definition) is 6. The first-order chi connectivity index (χ1) is 10.6. The van der Waals surface area contributed by atoms with Gasteiger partial charge in [0.2, 0.25) is 5.91 Å². The van der Waals surface area contributed by atoms with Crippen molar-refractivity contribution < 1.29 is 22.7 Å². The van der Waals surface area contributed by atoms with Gasteiger partial charge in [0.15, 0.2) is 0 Å². The van der Waals surface area contributed by atoms with Gasteiger partial charge in [0, 0.05) is 33.3 Å². The molecule has 22 heavy (non-hydrogen) atoms. The standard InChI is InChI=1S/C13H20N2O5S2/c1-19-8-9-20-11-12(16)14-4-6-15(7-5-14)22(17,18)13-3-2-10-21-13/h2-3,10H,4-9,11H2,1H3. The summed E-state index contributed by atoms with van der Waals surface area (Å²) in [5.41, 5.74) is 0. The van der Waals surface area contributed by atoms with Gasteiger partial charge in [-0.25, -0.2) is 8.42 Å². The molecule has 7 nitrogen and oxygen atoms in total. The van der Waals surface area contributed by atoms with Crippen molar-refractivity contribution in [1.82, 2.24) is 9.21 Å². The minimum absolute atomic E-state index is 0.00103. The predicted octanol–water partition coefficient (Wildman–Crippen LogP) is 0.244. The number of piperazine rings is 1. The second-order valence-electron chi connectivity index (χ2n) is 4.76. The van der Waals surface area contributed by atoms with E-state index in [0.717, 1.165) is 0 Å². The highest BCUT2D eigenvalue weighted by atomic mass is 32.2. The number of methoxy groups -OCH3 is 1. The van der Waals surface area contributed by atoms with Gasteiger partial charge in [-0.1, -0.05) is 6.07 Å². The maximum Gasteiger partial charge on any atom is 0.252 e. The number of hydrogen-bond donors (Lipinski definition) is 0. The van der Waals surface area contributed by atoms with E-state index in [2.05, 4.69) is 0 Å². The Labute approximate surface area is 134 Å². The zero-order valence-electron chi connectivity index (χ0n) is 12.4. The van der Waals surface area contributed by atoms with Crippen molar-refractivity contribution in [2.45, 2.75) is 4.21 Å². The molecule has 1 fully saturated rings. The Morgan fingerprint density at radius 2 is 2.00 bits per heavy atom. The molecule has 1 aromatic rings. The van der Waals surface area contributed by atoms with Crippen LogP contribution in [0.15, 0.2) is 21.7 Å². The van der Waals surface area contributed by atoms with Crippen LogP contribution in [-0.4, -0.2) is 76.6 Å². The average molecular weight is 348 g/mol. The Balaban J connectivity index is 1.82. The quantitative estimate of drug-likeness (QED) is 0.660. The average Bonchev–Trinajstić information content (AvgIpc) is 3.07. The van der Waals surface area contributed by atoms with Crippen LogP contribution in [0.4, 0.5) is 0 Å². The van der Waals surface area contributed by atoms with E-state index in [1.807, 2.05) is 0 Å². The number of carbonyl (C=O) groups excluding carboxylic acids is 1. The third-order valence-corrected chi connectivity index (χ3v) is 6.61. The molecule has 0 radical (unpaired) electrons. The van der Waals surface area contributed by atoms with Gasteiger partial charge in [-0.15, -0.1) is 11.3 Å². The van der Waals surface area contributed by atoms with Crippen LogP contribution in [0.25, 0.3) is 0 Å². The Morgan fingerprint density at radius 3 is 2.59 bits per heavy atom. The molecule has 1 amide bonds. The van der Waals surface area contributed by atoms with Gasteiger partial charge >= 0.3 is 0 Å². The largest absolute Gasteiger partial charge is 0.382 e. The van der Waals surface area contributed by atoms with Crippen molar-refractivity contribution >= 4 is 27.3 Å². The molecule has 0 aliphatic carbocycles. The van der Waals surface area contributed by atoms with E-state index in [1.165, 1.54) is 15.6 Å². The molecule has 0 atom stereocenters. The van der Waals surface area contributed by atoms with Crippen molar-refractivity contribution in [2.24, 2.45) is 0 Å². The Hall–Kier alpha value is -1.00. The van der Waals surface area contributed by atoms with Gasteiger partial charge in [0.25, 0.3) is 10.0 Å². The molecule has 2 heterocycles. The van der Waals surface area contributed by atoms with Crippen LogP contribution in [0.3, 0.4) is 0 Å². The van der Waals surface area contributed by atoms with E-state index in [1.54, 1.807) is 29.5 Å². The summed E-state index contributed by atoms with van der Waals surface area (Å²) in [4.78, 5) is 13.6. The molecule has 0 aromatic carbocycles. The molecular weight excluding hydrogens is 328 g/mol. The molecule has 2 rings (SSSR count). The fraction of sp³-hybridized carbons (Fsp3) is 0.615. The fourth-order valence-corrected chi connectivity index (χ4v) is 4.68. The molecule has 0 spiro atoms. The first-order valence-corrected chi connectivity index (χ1v) is 9.26. The van der Waals surface area contributed by atoms with Crippen molar-refractivity contribution in [3.05, 3.63) is 17.5 Å². The van der Waals surface area contributed by atoms with Gasteiger partial charge in [-0.05, 0) is 11.4 Å². The number of amides is 1. The number of nitrogens with zero attached hydrogens (tertiary/aromatic N) is 2. The van der Waals surface area contributed by atoms with Crippen LogP contribution in [0, 0.1) is 0 Å². The Bertz CT molecular complexity index is 565. The first-order valence-electron chi connectivity index (χ1n) is 6.94. The van der Waals surface area contributed by atoms with Crippen LogP contribution in [0.2, 0.25) is 0 Å². The van der Waals surface area contributed by atoms with Gasteiger partial charge in [0.05, 0.1) is 13.2 Å². The van der Waals surface area contributed by atoms with Gasteiger partial charge in [-0.3, -0.25) is 4.79 Å². The molecular formula is C13H20N2O5S2. The predicted molar refractivity (Wildman–Crippen MR) is 82.4 cm³/mol. The lowest BCUT2D eigenvalue weighted by Gasteiger charge is -2.33. The smallest absolute Gasteiger partial charge is 0.252 e. The fourth-order valence-electron chi connectivity index (χ4n) is 2.11. The molecule has 0 N–H and O–H groups in total. The third kappa shape index (κ3) is 4.26. The first kappa shape index (κ1) is 17.4. The Kier molecular flexibility index (Phi) is 6.33. The second kappa shape index (κ2) is 8.02. The monoisotopic (exact) mass is 348 g/mol. The Morgan fingerprint density at radius 1 is 1.27 bits per heavy atom. The summed E-state index contributed by atoms with van der Waals surface area (Å²) < 4.78 is 36.5.